The van der Waals surface area contributed by atoms with Crippen LogP contribution in [0.15, 0.2) is 58.4 Å². The third-order valence-electron chi connectivity index (χ3n) is 3.73. The zero-order chi connectivity index (χ0) is 19.4. The van der Waals surface area contributed by atoms with E-state index in [2.05, 4.69) is 10.3 Å². The highest BCUT2D eigenvalue weighted by atomic mass is 32.2. The van der Waals surface area contributed by atoms with Crippen molar-refractivity contribution in [3.05, 3.63) is 70.1 Å². The molecule has 1 heterocycles. The van der Waals surface area contributed by atoms with Gasteiger partial charge in [-0.2, -0.15) is 18.2 Å². The number of methoxy groups -OCH3 is 1. The molecule has 0 fully saturated rings. The lowest BCUT2D eigenvalue weighted by Crippen LogP contribution is -2.18. The number of hydrogen-bond donors (Lipinski definition) is 1. The Bertz CT molecular complexity index is 906. The molecule has 0 saturated heterocycles. The van der Waals surface area contributed by atoms with Crippen LogP contribution in [-0.4, -0.2) is 18.2 Å². The summed E-state index contributed by atoms with van der Waals surface area (Å²) < 4.78 is 43.0. The second kappa shape index (κ2) is 7.87. The molecular formula is C19H15F3N2O2S. The first-order chi connectivity index (χ1) is 12.8. The van der Waals surface area contributed by atoms with Crippen molar-refractivity contribution in [1.82, 2.24) is 5.32 Å². The van der Waals surface area contributed by atoms with E-state index in [1.165, 1.54) is 18.2 Å². The van der Waals surface area contributed by atoms with E-state index < -0.39 is 17.6 Å². The molecule has 0 saturated carbocycles. The minimum Gasteiger partial charge on any atom is -0.497 e. The predicted molar refractivity (Wildman–Crippen MR) is 99.3 cm³/mol. The molecule has 0 bridgehead atoms. The van der Waals surface area contributed by atoms with Gasteiger partial charge in [-0.05, 0) is 53.2 Å². The van der Waals surface area contributed by atoms with Gasteiger partial charge in [0.2, 0.25) is 0 Å². The highest BCUT2D eigenvalue weighted by Gasteiger charge is 2.30. The van der Waals surface area contributed by atoms with Crippen LogP contribution in [0.1, 0.15) is 16.7 Å². The van der Waals surface area contributed by atoms with Gasteiger partial charge in [0, 0.05) is 6.54 Å². The van der Waals surface area contributed by atoms with E-state index in [9.17, 15) is 18.0 Å². The molecule has 140 valence electrons. The topological polar surface area (TPSA) is 50.7 Å². The van der Waals surface area contributed by atoms with Crippen LogP contribution in [-0.2, 0) is 17.5 Å². The number of carbonyl (C=O) groups is 1. The van der Waals surface area contributed by atoms with Crippen molar-refractivity contribution in [2.45, 2.75) is 12.7 Å². The van der Waals surface area contributed by atoms with Crippen LogP contribution >= 0.6 is 11.8 Å². The van der Waals surface area contributed by atoms with Crippen LogP contribution in [0.4, 0.5) is 13.2 Å². The van der Waals surface area contributed by atoms with Crippen LogP contribution in [0.25, 0.3) is 6.08 Å². The van der Waals surface area contributed by atoms with Crippen LogP contribution < -0.4 is 10.1 Å². The monoisotopic (exact) mass is 392 g/mol. The molecular weight excluding hydrogens is 377 g/mol. The zero-order valence-corrected chi connectivity index (χ0v) is 15.0. The van der Waals surface area contributed by atoms with E-state index in [1.807, 2.05) is 24.3 Å². The molecule has 0 radical (unpaired) electrons. The van der Waals surface area contributed by atoms with Crippen molar-refractivity contribution in [2.75, 3.05) is 7.11 Å². The summed E-state index contributed by atoms with van der Waals surface area (Å²) in [6.45, 7) is 0.462. The Morgan fingerprint density at radius 3 is 2.59 bits per heavy atom. The number of benzene rings is 2. The van der Waals surface area contributed by atoms with Gasteiger partial charge in [-0.3, -0.25) is 4.79 Å². The molecule has 1 amide bonds. The quantitative estimate of drug-likeness (QED) is 0.780. The molecule has 1 aliphatic heterocycles. The number of rotatable bonds is 4. The van der Waals surface area contributed by atoms with E-state index in [4.69, 9.17) is 4.74 Å². The first kappa shape index (κ1) is 19.0. The normalized spacial score (nSPS) is 15.8. The van der Waals surface area contributed by atoms with E-state index in [1.54, 1.807) is 7.11 Å². The van der Waals surface area contributed by atoms with Crippen molar-refractivity contribution >= 4 is 28.9 Å². The van der Waals surface area contributed by atoms with Gasteiger partial charge < -0.3 is 10.1 Å². The van der Waals surface area contributed by atoms with Gasteiger partial charge in [0.1, 0.15) is 5.75 Å². The smallest absolute Gasteiger partial charge is 0.416 e. The summed E-state index contributed by atoms with van der Waals surface area (Å²) in [6.07, 6.45) is -2.86. The predicted octanol–water partition coefficient (Wildman–Crippen LogP) is 4.47. The Morgan fingerprint density at radius 2 is 1.93 bits per heavy atom. The van der Waals surface area contributed by atoms with Gasteiger partial charge in [0.05, 0.1) is 17.6 Å². The van der Waals surface area contributed by atoms with Gasteiger partial charge in [-0.1, -0.05) is 24.3 Å². The summed E-state index contributed by atoms with van der Waals surface area (Å²) >= 11 is 1.15. The number of halogens is 3. The number of aliphatic imine (C=N–C) groups is 1. The van der Waals surface area contributed by atoms with Crippen LogP contribution in [0, 0.1) is 0 Å². The summed E-state index contributed by atoms with van der Waals surface area (Å²) in [6, 6.07) is 12.1. The maximum Gasteiger partial charge on any atom is 0.416 e. The highest BCUT2D eigenvalue weighted by Crippen LogP contribution is 2.31. The standard InChI is InChI=1S/C19H15F3N2O2S/c1-26-15-4-2-3-13(9-15)11-23-18-24-17(25)16(27-18)10-12-5-7-14(8-6-12)19(20,21)22/h2-10H,11H2,1H3,(H,23,24,25)/b16-10-. The molecule has 1 aliphatic rings. The fourth-order valence-corrected chi connectivity index (χ4v) is 3.17. The fraction of sp³-hybridized carbons (Fsp3) is 0.158. The first-order valence-corrected chi connectivity index (χ1v) is 8.73. The number of nitrogens with one attached hydrogen (secondary N) is 1. The van der Waals surface area contributed by atoms with Gasteiger partial charge in [0.25, 0.3) is 5.91 Å². The van der Waals surface area contributed by atoms with Gasteiger partial charge >= 0.3 is 6.18 Å². The molecule has 4 nitrogen and oxygen atoms in total. The second-order valence-electron chi connectivity index (χ2n) is 5.66. The fourth-order valence-electron chi connectivity index (χ4n) is 2.36. The van der Waals surface area contributed by atoms with Crippen molar-refractivity contribution in [3.63, 3.8) is 0 Å². The largest absolute Gasteiger partial charge is 0.497 e. The number of amidine groups is 1. The highest BCUT2D eigenvalue weighted by molar-refractivity contribution is 8.18. The Labute approximate surface area is 158 Å². The first-order valence-electron chi connectivity index (χ1n) is 7.92. The average molecular weight is 392 g/mol. The molecule has 2 aromatic rings. The number of carbonyl (C=O) groups excluding carboxylic acids is 1. The van der Waals surface area contributed by atoms with Gasteiger partial charge in [0.15, 0.2) is 5.17 Å². The third kappa shape index (κ3) is 4.91. The van der Waals surface area contributed by atoms with Crippen molar-refractivity contribution < 1.29 is 22.7 Å². The Morgan fingerprint density at radius 1 is 1.19 bits per heavy atom. The molecule has 27 heavy (non-hydrogen) atoms. The third-order valence-corrected chi connectivity index (χ3v) is 4.68. The molecule has 2 aromatic carbocycles. The van der Waals surface area contributed by atoms with Gasteiger partial charge in [-0.15, -0.1) is 0 Å². The molecule has 3 rings (SSSR count). The molecule has 0 spiro atoms. The van der Waals surface area contributed by atoms with E-state index in [0.717, 1.165) is 35.2 Å². The number of amides is 1. The molecule has 0 aliphatic carbocycles. The van der Waals surface area contributed by atoms with Crippen LogP contribution in [0.2, 0.25) is 0 Å². The number of nitrogens with zero attached hydrogens (tertiary/aromatic N) is 1. The van der Waals surface area contributed by atoms with E-state index in [0.29, 0.717) is 22.2 Å². The zero-order valence-electron chi connectivity index (χ0n) is 14.2. The molecule has 1 N–H and O–H groups in total. The lowest BCUT2D eigenvalue weighted by Gasteiger charge is -2.07. The minimum atomic E-state index is -4.38. The van der Waals surface area contributed by atoms with Crippen molar-refractivity contribution in [1.29, 1.82) is 0 Å². The number of thioether (sulfide) groups is 1. The second-order valence-corrected chi connectivity index (χ2v) is 6.69. The van der Waals surface area contributed by atoms with E-state index in [-0.39, 0.29) is 0 Å². The Balaban J connectivity index is 1.63. The average Bonchev–Trinajstić information content (AvgIpc) is 2.99. The molecule has 8 heteroatoms. The van der Waals surface area contributed by atoms with Crippen molar-refractivity contribution in [3.8, 4) is 5.75 Å². The maximum absolute atomic E-state index is 12.6. The molecule has 0 unspecified atom stereocenters. The Hall–Kier alpha value is -2.74. The lowest BCUT2D eigenvalue weighted by molar-refractivity contribution is -0.137. The van der Waals surface area contributed by atoms with Gasteiger partial charge in [-0.25, -0.2) is 0 Å². The molecule has 0 aromatic heterocycles. The number of hydrogen-bond acceptors (Lipinski definition) is 4. The SMILES string of the molecule is COc1cccc(CNC2=NC(=O)/C(=C/c3ccc(C(F)(F)F)cc3)S2)c1. The summed E-state index contributed by atoms with van der Waals surface area (Å²) in [5.41, 5.74) is 0.736. The summed E-state index contributed by atoms with van der Waals surface area (Å²) in [4.78, 5) is 16.3. The number of alkyl halides is 3. The Kier molecular flexibility index (Phi) is 5.55. The van der Waals surface area contributed by atoms with Crippen LogP contribution in [0.3, 0.4) is 0 Å². The summed E-state index contributed by atoms with van der Waals surface area (Å²) in [7, 11) is 1.58. The van der Waals surface area contributed by atoms with E-state index >= 15 is 0 Å². The maximum atomic E-state index is 12.6. The summed E-state index contributed by atoms with van der Waals surface area (Å²) in [5.74, 6) is 0.308. The summed E-state index contributed by atoms with van der Waals surface area (Å²) in [5, 5.41) is 3.52. The lowest BCUT2D eigenvalue weighted by atomic mass is 10.1. The number of ether oxygens (including phenoxy) is 1. The van der Waals surface area contributed by atoms with Crippen molar-refractivity contribution in [2.24, 2.45) is 4.99 Å². The minimum absolute atomic E-state index is 0.350. The van der Waals surface area contributed by atoms with Crippen LogP contribution in [0.5, 0.6) is 5.75 Å². The molecule has 0 atom stereocenters.